The summed E-state index contributed by atoms with van der Waals surface area (Å²) in [5, 5.41) is 0. The van der Waals surface area contributed by atoms with E-state index in [0.29, 0.717) is 6.42 Å². The first-order chi connectivity index (χ1) is 12.0. The molecule has 2 atom stereocenters. The Morgan fingerprint density at radius 2 is 1.68 bits per heavy atom. The van der Waals surface area contributed by atoms with Crippen LogP contribution in [0.3, 0.4) is 0 Å². The molecule has 2 rings (SSSR count). The highest BCUT2D eigenvalue weighted by molar-refractivity contribution is 7.86. The summed E-state index contributed by atoms with van der Waals surface area (Å²) in [4.78, 5) is 0.107. The molecule has 0 N–H and O–H groups in total. The maximum atomic E-state index is 12.6. The van der Waals surface area contributed by atoms with E-state index in [1.54, 1.807) is 19.1 Å². The normalized spacial score (nSPS) is 13.6. The first kappa shape index (κ1) is 19.2. The molecule has 4 nitrogen and oxygen atoms in total. The lowest BCUT2D eigenvalue weighted by molar-refractivity contribution is 0.0315. The van der Waals surface area contributed by atoms with Gasteiger partial charge in [0.25, 0.3) is 10.1 Å². The fraction of sp³-hybridized carbons (Fsp3) is 0.300. The molecule has 0 aliphatic carbocycles. The molecule has 0 aromatic heterocycles. The van der Waals surface area contributed by atoms with Gasteiger partial charge in [0.15, 0.2) is 6.10 Å². The standard InChI is InChI=1S/C20H22O4S/c1-4-8-19(20(23-3)15-17-9-6-5-7-10-17)24-25(21,22)18-13-11-16(2)12-14-18/h5-7,9-14,19-20H,15H2,1-3H3/t19-,20-/m0/s1. The minimum absolute atomic E-state index is 0.107. The van der Waals surface area contributed by atoms with Crippen LogP contribution in [-0.4, -0.2) is 27.7 Å². The molecule has 0 amide bonds. The summed E-state index contributed by atoms with van der Waals surface area (Å²) in [5.74, 6) is 5.55. The van der Waals surface area contributed by atoms with Crippen molar-refractivity contribution >= 4 is 10.1 Å². The lowest BCUT2D eigenvalue weighted by Crippen LogP contribution is -2.33. The lowest BCUT2D eigenvalue weighted by Gasteiger charge is -2.22. The first-order valence-electron chi connectivity index (χ1n) is 7.95. The highest BCUT2D eigenvalue weighted by atomic mass is 32.2. The number of aryl methyl sites for hydroxylation is 1. The summed E-state index contributed by atoms with van der Waals surface area (Å²) in [6, 6.07) is 16.2. The molecule has 0 spiro atoms. The van der Waals surface area contributed by atoms with Gasteiger partial charge in [0.2, 0.25) is 0 Å². The van der Waals surface area contributed by atoms with Gasteiger partial charge in [-0.2, -0.15) is 8.42 Å². The van der Waals surface area contributed by atoms with E-state index >= 15 is 0 Å². The van der Waals surface area contributed by atoms with E-state index in [9.17, 15) is 8.42 Å². The van der Waals surface area contributed by atoms with Crippen LogP contribution in [0.25, 0.3) is 0 Å². The molecule has 0 saturated carbocycles. The van der Waals surface area contributed by atoms with Crippen molar-refractivity contribution in [3.05, 3.63) is 65.7 Å². The molecule has 0 aliphatic heterocycles. The Bertz CT molecular complexity index is 831. The van der Waals surface area contributed by atoms with Crippen molar-refractivity contribution in [3.63, 3.8) is 0 Å². The Morgan fingerprint density at radius 1 is 1.04 bits per heavy atom. The largest absolute Gasteiger partial charge is 0.377 e. The number of ether oxygens (including phenoxy) is 1. The monoisotopic (exact) mass is 358 g/mol. The molecule has 132 valence electrons. The summed E-state index contributed by atoms with van der Waals surface area (Å²) in [5.41, 5.74) is 2.00. The Labute approximate surface area is 149 Å². The van der Waals surface area contributed by atoms with Crippen molar-refractivity contribution in [2.75, 3.05) is 7.11 Å². The molecule has 0 aliphatic rings. The van der Waals surface area contributed by atoms with Crippen molar-refractivity contribution < 1.29 is 17.3 Å². The molecule has 2 aromatic rings. The Balaban J connectivity index is 2.23. The van der Waals surface area contributed by atoms with Crippen LogP contribution >= 0.6 is 0 Å². The quantitative estimate of drug-likeness (QED) is 0.563. The summed E-state index contributed by atoms with van der Waals surface area (Å²) >= 11 is 0. The molecule has 0 radical (unpaired) electrons. The Hall–Kier alpha value is -2.13. The van der Waals surface area contributed by atoms with Crippen molar-refractivity contribution in [2.24, 2.45) is 0 Å². The molecule has 0 bridgehead atoms. The fourth-order valence-electron chi connectivity index (χ4n) is 2.38. The fourth-order valence-corrected chi connectivity index (χ4v) is 3.40. The average Bonchev–Trinajstić information content (AvgIpc) is 2.60. The third-order valence-electron chi connectivity index (χ3n) is 3.75. The number of hydrogen-bond donors (Lipinski definition) is 0. The van der Waals surface area contributed by atoms with Gasteiger partial charge in [-0.05, 0) is 31.5 Å². The van der Waals surface area contributed by atoms with Crippen molar-refractivity contribution in [2.45, 2.75) is 37.4 Å². The van der Waals surface area contributed by atoms with Gasteiger partial charge >= 0.3 is 0 Å². The van der Waals surface area contributed by atoms with Gasteiger partial charge in [0.1, 0.15) is 6.10 Å². The third-order valence-corrected chi connectivity index (χ3v) is 5.06. The van der Waals surface area contributed by atoms with Crippen LogP contribution < -0.4 is 0 Å². The van der Waals surface area contributed by atoms with E-state index in [-0.39, 0.29) is 4.90 Å². The van der Waals surface area contributed by atoms with E-state index in [1.165, 1.54) is 19.2 Å². The average molecular weight is 358 g/mol. The van der Waals surface area contributed by atoms with E-state index < -0.39 is 22.3 Å². The molecule has 5 heteroatoms. The molecule has 0 fully saturated rings. The number of rotatable bonds is 7. The van der Waals surface area contributed by atoms with Crippen LogP contribution in [0.15, 0.2) is 59.5 Å². The molecular weight excluding hydrogens is 336 g/mol. The maximum Gasteiger partial charge on any atom is 0.298 e. The molecule has 0 unspecified atom stereocenters. The van der Waals surface area contributed by atoms with Gasteiger partial charge < -0.3 is 4.74 Å². The second kappa shape index (κ2) is 8.82. The van der Waals surface area contributed by atoms with E-state index in [0.717, 1.165) is 11.1 Å². The minimum Gasteiger partial charge on any atom is -0.377 e. The molecule has 0 heterocycles. The van der Waals surface area contributed by atoms with E-state index in [2.05, 4.69) is 11.8 Å². The van der Waals surface area contributed by atoms with Crippen molar-refractivity contribution in [1.82, 2.24) is 0 Å². The molecular formula is C20H22O4S. The maximum absolute atomic E-state index is 12.6. The zero-order valence-electron chi connectivity index (χ0n) is 14.6. The number of hydrogen-bond acceptors (Lipinski definition) is 4. The van der Waals surface area contributed by atoms with Crippen LogP contribution in [0.1, 0.15) is 18.1 Å². The third kappa shape index (κ3) is 5.43. The SMILES string of the molecule is CC#C[C@H](OS(=O)(=O)c1ccc(C)cc1)[C@H](Cc1ccccc1)OC. The summed E-state index contributed by atoms with van der Waals surface area (Å²) in [6.45, 7) is 3.54. The predicted octanol–water partition coefficient (Wildman–Crippen LogP) is 3.35. The van der Waals surface area contributed by atoms with Crippen LogP contribution in [0.2, 0.25) is 0 Å². The van der Waals surface area contributed by atoms with Gasteiger partial charge in [-0.1, -0.05) is 53.9 Å². The number of benzene rings is 2. The van der Waals surface area contributed by atoms with Crippen LogP contribution in [0.4, 0.5) is 0 Å². The smallest absolute Gasteiger partial charge is 0.298 e. The van der Waals surface area contributed by atoms with E-state index in [4.69, 9.17) is 8.92 Å². The highest BCUT2D eigenvalue weighted by Crippen LogP contribution is 2.19. The van der Waals surface area contributed by atoms with E-state index in [1.807, 2.05) is 37.3 Å². The van der Waals surface area contributed by atoms with Gasteiger partial charge in [0.05, 0.1) is 4.90 Å². The van der Waals surface area contributed by atoms with Crippen molar-refractivity contribution in [3.8, 4) is 11.8 Å². The lowest BCUT2D eigenvalue weighted by atomic mass is 10.0. The minimum atomic E-state index is -3.93. The molecule has 25 heavy (non-hydrogen) atoms. The van der Waals surface area contributed by atoms with Gasteiger partial charge in [-0.25, -0.2) is 4.18 Å². The van der Waals surface area contributed by atoms with Crippen LogP contribution in [-0.2, 0) is 25.5 Å². The first-order valence-corrected chi connectivity index (χ1v) is 9.36. The van der Waals surface area contributed by atoms with Gasteiger partial charge in [0, 0.05) is 13.5 Å². The van der Waals surface area contributed by atoms with Gasteiger partial charge in [-0.3, -0.25) is 0 Å². The number of methoxy groups -OCH3 is 1. The molecule has 2 aromatic carbocycles. The highest BCUT2D eigenvalue weighted by Gasteiger charge is 2.28. The van der Waals surface area contributed by atoms with Gasteiger partial charge in [-0.15, -0.1) is 5.92 Å². The summed E-state index contributed by atoms with van der Waals surface area (Å²) in [6.07, 6.45) is -0.892. The zero-order valence-corrected chi connectivity index (χ0v) is 15.4. The summed E-state index contributed by atoms with van der Waals surface area (Å²) < 4.78 is 36.0. The van der Waals surface area contributed by atoms with Crippen LogP contribution in [0, 0.1) is 18.8 Å². The second-order valence-electron chi connectivity index (χ2n) is 5.64. The predicted molar refractivity (Wildman–Crippen MR) is 97.6 cm³/mol. The second-order valence-corrected chi connectivity index (χ2v) is 7.21. The zero-order chi connectivity index (χ0) is 18.3. The molecule has 0 saturated heterocycles. The van der Waals surface area contributed by atoms with Crippen molar-refractivity contribution in [1.29, 1.82) is 0 Å². The topological polar surface area (TPSA) is 52.6 Å². The van der Waals surface area contributed by atoms with Crippen LogP contribution in [0.5, 0.6) is 0 Å². The summed E-state index contributed by atoms with van der Waals surface area (Å²) in [7, 11) is -2.40. The Morgan fingerprint density at radius 3 is 2.24 bits per heavy atom. The Kier molecular flexibility index (Phi) is 6.77.